The standard InChI is InChI=1S/C14H11ClN2/c1-17-9-12(10-5-3-2-4-6-10)11-7-8-13(15)16-14(11)17/h2-9H,1H3. The van der Waals surface area contributed by atoms with Crippen LogP contribution in [0.2, 0.25) is 5.15 Å². The lowest BCUT2D eigenvalue weighted by Gasteiger charge is -1.98. The van der Waals surface area contributed by atoms with E-state index in [2.05, 4.69) is 23.3 Å². The van der Waals surface area contributed by atoms with Crippen LogP contribution >= 0.6 is 11.6 Å². The summed E-state index contributed by atoms with van der Waals surface area (Å²) in [5.41, 5.74) is 3.30. The van der Waals surface area contributed by atoms with Gasteiger partial charge in [0, 0.05) is 24.2 Å². The highest BCUT2D eigenvalue weighted by atomic mass is 35.5. The normalized spacial score (nSPS) is 10.9. The quantitative estimate of drug-likeness (QED) is 0.592. The molecule has 3 rings (SSSR count). The molecule has 0 saturated heterocycles. The van der Waals surface area contributed by atoms with Crippen LogP contribution in [0.15, 0.2) is 48.7 Å². The van der Waals surface area contributed by atoms with E-state index >= 15 is 0 Å². The Balaban J connectivity index is 2.32. The number of halogens is 1. The summed E-state index contributed by atoms with van der Waals surface area (Å²) in [5.74, 6) is 0. The molecule has 0 amide bonds. The highest BCUT2D eigenvalue weighted by Gasteiger charge is 2.09. The van der Waals surface area contributed by atoms with E-state index in [4.69, 9.17) is 11.6 Å². The number of aromatic nitrogens is 2. The maximum atomic E-state index is 5.92. The van der Waals surface area contributed by atoms with Gasteiger partial charge in [0.15, 0.2) is 0 Å². The van der Waals surface area contributed by atoms with Crippen molar-refractivity contribution in [1.29, 1.82) is 0 Å². The van der Waals surface area contributed by atoms with Gasteiger partial charge in [-0.1, -0.05) is 41.9 Å². The van der Waals surface area contributed by atoms with Gasteiger partial charge in [-0.15, -0.1) is 0 Å². The zero-order valence-corrected chi connectivity index (χ0v) is 10.1. The van der Waals surface area contributed by atoms with Gasteiger partial charge in [0.05, 0.1) is 0 Å². The Labute approximate surface area is 104 Å². The van der Waals surface area contributed by atoms with Gasteiger partial charge >= 0.3 is 0 Å². The molecule has 0 atom stereocenters. The van der Waals surface area contributed by atoms with E-state index in [-0.39, 0.29) is 0 Å². The van der Waals surface area contributed by atoms with Crippen LogP contribution in [0.25, 0.3) is 22.2 Å². The first-order valence-corrected chi connectivity index (χ1v) is 5.80. The Morgan fingerprint density at radius 2 is 1.82 bits per heavy atom. The summed E-state index contributed by atoms with van der Waals surface area (Å²) in [5, 5.41) is 1.65. The van der Waals surface area contributed by atoms with Crippen molar-refractivity contribution >= 4 is 22.6 Å². The van der Waals surface area contributed by atoms with Crippen LogP contribution < -0.4 is 0 Å². The molecule has 84 valence electrons. The lowest BCUT2D eigenvalue weighted by Crippen LogP contribution is -1.86. The molecular weight excluding hydrogens is 232 g/mol. The predicted molar refractivity (Wildman–Crippen MR) is 71.2 cm³/mol. The second-order valence-electron chi connectivity index (χ2n) is 4.02. The number of hydrogen-bond donors (Lipinski definition) is 0. The molecular formula is C14H11ClN2. The Bertz CT molecular complexity index is 671. The summed E-state index contributed by atoms with van der Waals surface area (Å²) in [6.07, 6.45) is 2.09. The molecule has 0 saturated carbocycles. The summed E-state index contributed by atoms with van der Waals surface area (Å²) in [6.45, 7) is 0. The Morgan fingerprint density at radius 3 is 2.59 bits per heavy atom. The van der Waals surface area contributed by atoms with Crippen LogP contribution in [-0.4, -0.2) is 9.55 Å². The lowest BCUT2D eigenvalue weighted by molar-refractivity contribution is 0.949. The minimum atomic E-state index is 0.526. The number of nitrogens with zero attached hydrogens (tertiary/aromatic N) is 2. The zero-order valence-electron chi connectivity index (χ0n) is 9.39. The fraction of sp³-hybridized carbons (Fsp3) is 0.0714. The molecule has 2 aromatic heterocycles. The van der Waals surface area contributed by atoms with Crippen LogP contribution in [0.4, 0.5) is 0 Å². The van der Waals surface area contributed by atoms with Gasteiger partial charge in [0.25, 0.3) is 0 Å². The number of fused-ring (bicyclic) bond motifs is 1. The van der Waals surface area contributed by atoms with Gasteiger partial charge in [-0.2, -0.15) is 0 Å². The number of hydrogen-bond acceptors (Lipinski definition) is 1. The van der Waals surface area contributed by atoms with E-state index < -0.39 is 0 Å². The van der Waals surface area contributed by atoms with Crippen LogP contribution in [-0.2, 0) is 7.05 Å². The molecule has 3 heteroatoms. The van der Waals surface area contributed by atoms with Crippen LogP contribution in [0.5, 0.6) is 0 Å². The monoisotopic (exact) mass is 242 g/mol. The smallest absolute Gasteiger partial charge is 0.142 e. The molecule has 0 radical (unpaired) electrons. The fourth-order valence-corrected chi connectivity index (χ4v) is 2.22. The number of pyridine rings is 1. The van der Waals surface area contributed by atoms with Crippen molar-refractivity contribution in [1.82, 2.24) is 9.55 Å². The molecule has 2 nitrogen and oxygen atoms in total. The molecule has 2 heterocycles. The Kier molecular flexibility index (Phi) is 2.37. The van der Waals surface area contributed by atoms with Crippen molar-refractivity contribution in [2.24, 2.45) is 7.05 Å². The van der Waals surface area contributed by atoms with Gasteiger partial charge in [-0.05, 0) is 17.7 Å². The maximum Gasteiger partial charge on any atom is 0.142 e. The van der Waals surface area contributed by atoms with Crippen molar-refractivity contribution in [3.8, 4) is 11.1 Å². The molecule has 1 aromatic carbocycles. The minimum Gasteiger partial charge on any atom is -0.335 e. The summed E-state index contributed by atoms with van der Waals surface area (Å²) in [4.78, 5) is 4.35. The van der Waals surface area contributed by atoms with Crippen LogP contribution in [0.3, 0.4) is 0 Å². The highest BCUT2D eigenvalue weighted by molar-refractivity contribution is 6.29. The molecule has 0 spiro atoms. The summed E-state index contributed by atoms with van der Waals surface area (Å²) < 4.78 is 2.00. The van der Waals surface area contributed by atoms with Gasteiger partial charge in [0.2, 0.25) is 0 Å². The fourth-order valence-electron chi connectivity index (χ4n) is 2.08. The van der Waals surface area contributed by atoms with Crippen LogP contribution in [0.1, 0.15) is 0 Å². The number of aryl methyl sites for hydroxylation is 1. The van der Waals surface area contributed by atoms with Crippen LogP contribution in [0, 0.1) is 0 Å². The predicted octanol–water partition coefficient (Wildman–Crippen LogP) is 3.89. The Morgan fingerprint density at radius 1 is 1.06 bits per heavy atom. The topological polar surface area (TPSA) is 17.8 Å². The molecule has 0 bridgehead atoms. The number of rotatable bonds is 1. The van der Waals surface area contributed by atoms with Gasteiger partial charge < -0.3 is 4.57 Å². The van der Waals surface area contributed by atoms with E-state index in [0.29, 0.717) is 5.15 Å². The molecule has 0 N–H and O–H groups in total. The zero-order chi connectivity index (χ0) is 11.8. The van der Waals surface area contributed by atoms with Crippen molar-refractivity contribution in [2.45, 2.75) is 0 Å². The minimum absolute atomic E-state index is 0.526. The third-order valence-corrected chi connectivity index (χ3v) is 3.08. The van der Waals surface area contributed by atoms with E-state index in [0.717, 1.165) is 11.0 Å². The third kappa shape index (κ3) is 1.71. The van der Waals surface area contributed by atoms with Crippen molar-refractivity contribution in [2.75, 3.05) is 0 Å². The number of benzene rings is 1. The van der Waals surface area contributed by atoms with E-state index in [9.17, 15) is 0 Å². The molecule has 0 aliphatic carbocycles. The van der Waals surface area contributed by atoms with Gasteiger partial charge in [0.1, 0.15) is 10.8 Å². The second kappa shape index (κ2) is 3.90. The SMILES string of the molecule is Cn1cc(-c2ccccc2)c2ccc(Cl)nc21. The van der Waals surface area contributed by atoms with Crippen molar-refractivity contribution < 1.29 is 0 Å². The van der Waals surface area contributed by atoms with Gasteiger partial charge in [-0.25, -0.2) is 4.98 Å². The van der Waals surface area contributed by atoms with E-state index in [1.165, 1.54) is 11.1 Å². The van der Waals surface area contributed by atoms with Gasteiger partial charge in [-0.3, -0.25) is 0 Å². The largest absolute Gasteiger partial charge is 0.335 e. The third-order valence-electron chi connectivity index (χ3n) is 2.87. The molecule has 0 fully saturated rings. The summed E-state index contributed by atoms with van der Waals surface area (Å²) in [7, 11) is 1.98. The first-order valence-electron chi connectivity index (χ1n) is 5.43. The summed E-state index contributed by atoms with van der Waals surface area (Å²) >= 11 is 5.92. The first kappa shape index (κ1) is 10.4. The summed E-state index contributed by atoms with van der Waals surface area (Å²) in [6, 6.07) is 14.1. The average Bonchev–Trinajstić information content (AvgIpc) is 2.68. The molecule has 17 heavy (non-hydrogen) atoms. The second-order valence-corrected chi connectivity index (χ2v) is 4.41. The maximum absolute atomic E-state index is 5.92. The average molecular weight is 243 g/mol. The van der Waals surface area contributed by atoms with Crippen molar-refractivity contribution in [3.05, 3.63) is 53.8 Å². The highest BCUT2D eigenvalue weighted by Crippen LogP contribution is 2.29. The van der Waals surface area contributed by atoms with E-state index in [1.54, 1.807) is 0 Å². The first-order chi connectivity index (χ1) is 8.25. The van der Waals surface area contributed by atoms with Crippen molar-refractivity contribution in [3.63, 3.8) is 0 Å². The molecule has 0 aliphatic rings. The molecule has 0 aliphatic heterocycles. The van der Waals surface area contributed by atoms with E-state index in [1.807, 2.05) is 41.9 Å². The molecule has 3 aromatic rings. The Hall–Kier alpha value is -1.80. The lowest BCUT2D eigenvalue weighted by atomic mass is 10.1. The molecule has 0 unspecified atom stereocenters.